The highest BCUT2D eigenvalue weighted by Gasteiger charge is 2.31. The molecule has 2 heteroatoms. The molecule has 19 heavy (non-hydrogen) atoms. The summed E-state index contributed by atoms with van der Waals surface area (Å²) < 4.78 is 0. The monoisotopic (exact) mass is 260 g/mol. The zero-order valence-corrected chi connectivity index (χ0v) is 12.8. The molecule has 2 rings (SSSR count). The van der Waals surface area contributed by atoms with E-state index in [4.69, 9.17) is 5.73 Å². The quantitative estimate of drug-likeness (QED) is 0.902. The number of nitrogens with two attached hydrogens (primary N) is 1. The largest absolute Gasteiger partial charge is 0.329 e. The first-order valence-electron chi connectivity index (χ1n) is 7.57. The van der Waals surface area contributed by atoms with E-state index in [9.17, 15) is 0 Å². The standard InChI is InChI=1S/C17H28N2/c1-12-7-8-16(14(3)10-12)15(4)19-9-5-6-13(2)17(19)11-18/h7-8,10,13,15,17H,5-6,9,11,18H2,1-4H3. The molecule has 0 amide bonds. The number of hydrogen-bond acceptors (Lipinski definition) is 2. The summed E-state index contributed by atoms with van der Waals surface area (Å²) in [7, 11) is 0. The minimum absolute atomic E-state index is 0.469. The Morgan fingerprint density at radius 3 is 2.74 bits per heavy atom. The van der Waals surface area contributed by atoms with Crippen molar-refractivity contribution < 1.29 is 0 Å². The highest BCUT2D eigenvalue weighted by Crippen LogP contribution is 2.32. The average Bonchev–Trinajstić information content (AvgIpc) is 2.37. The van der Waals surface area contributed by atoms with Gasteiger partial charge in [0.15, 0.2) is 0 Å². The molecule has 2 N–H and O–H groups in total. The zero-order chi connectivity index (χ0) is 14.0. The molecule has 0 aromatic heterocycles. The van der Waals surface area contributed by atoms with Gasteiger partial charge in [-0.05, 0) is 57.2 Å². The first-order chi connectivity index (χ1) is 9.04. The lowest BCUT2D eigenvalue weighted by molar-refractivity contribution is 0.0687. The molecule has 0 saturated carbocycles. The van der Waals surface area contributed by atoms with Crippen molar-refractivity contribution in [3.05, 3.63) is 34.9 Å². The molecule has 0 radical (unpaired) electrons. The summed E-state index contributed by atoms with van der Waals surface area (Å²) in [5.74, 6) is 0.715. The van der Waals surface area contributed by atoms with Gasteiger partial charge in [0.05, 0.1) is 0 Å². The van der Waals surface area contributed by atoms with E-state index in [-0.39, 0.29) is 0 Å². The molecule has 3 atom stereocenters. The van der Waals surface area contributed by atoms with Gasteiger partial charge in [-0.15, -0.1) is 0 Å². The summed E-state index contributed by atoms with van der Waals surface area (Å²) in [5, 5.41) is 0. The average molecular weight is 260 g/mol. The van der Waals surface area contributed by atoms with Crippen LogP contribution in [0.2, 0.25) is 0 Å². The van der Waals surface area contributed by atoms with Crippen LogP contribution in [0.3, 0.4) is 0 Å². The van der Waals surface area contributed by atoms with Crippen LogP contribution < -0.4 is 5.73 Å². The predicted molar refractivity (Wildman–Crippen MR) is 82.3 cm³/mol. The van der Waals surface area contributed by atoms with Crippen molar-refractivity contribution in [3.8, 4) is 0 Å². The summed E-state index contributed by atoms with van der Waals surface area (Å²) >= 11 is 0. The summed E-state index contributed by atoms with van der Waals surface area (Å²) in [6.45, 7) is 11.0. The molecule has 106 valence electrons. The molecule has 1 fully saturated rings. The van der Waals surface area contributed by atoms with Crippen LogP contribution in [-0.2, 0) is 0 Å². The van der Waals surface area contributed by atoms with E-state index in [0.29, 0.717) is 18.0 Å². The van der Waals surface area contributed by atoms with Gasteiger partial charge in [-0.3, -0.25) is 4.90 Å². The van der Waals surface area contributed by atoms with Crippen LogP contribution in [0.25, 0.3) is 0 Å². The molecule has 0 bridgehead atoms. The Bertz CT molecular complexity index is 427. The minimum atomic E-state index is 0.469. The third-order valence-corrected chi connectivity index (χ3v) is 4.77. The number of rotatable bonds is 3. The second kappa shape index (κ2) is 6.06. The molecular formula is C17H28N2. The highest BCUT2D eigenvalue weighted by atomic mass is 15.2. The maximum absolute atomic E-state index is 6.02. The van der Waals surface area contributed by atoms with Crippen LogP contribution in [0, 0.1) is 19.8 Å². The smallest absolute Gasteiger partial charge is 0.0326 e. The maximum Gasteiger partial charge on any atom is 0.0326 e. The number of piperidine rings is 1. The van der Waals surface area contributed by atoms with Crippen LogP contribution in [0.5, 0.6) is 0 Å². The van der Waals surface area contributed by atoms with Gasteiger partial charge < -0.3 is 5.73 Å². The Morgan fingerprint density at radius 2 is 2.11 bits per heavy atom. The second-order valence-corrected chi connectivity index (χ2v) is 6.20. The molecule has 3 unspecified atom stereocenters. The lowest BCUT2D eigenvalue weighted by Crippen LogP contribution is -2.49. The molecule has 0 aliphatic carbocycles. The Kier molecular flexibility index (Phi) is 4.64. The highest BCUT2D eigenvalue weighted by molar-refractivity contribution is 5.32. The first-order valence-corrected chi connectivity index (χ1v) is 7.57. The fourth-order valence-corrected chi connectivity index (χ4v) is 3.60. The lowest BCUT2D eigenvalue weighted by Gasteiger charge is -2.43. The Hall–Kier alpha value is -0.860. The van der Waals surface area contributed by atoms with Crippen molar-refractivity contribution >= 4 is 0 Å². The van der Waals surface area contributed by atoms with Crippen LogP contribution in [-0.4, -0.2) is 24.0 Å². The molecule has 1 aromatic carbocycles. The van der Waals surface area contributed by atoms with E-state index in [1.807, 2.05) is 0 Å². The van der Waals surface area contributed by atoms with Gasteiger partial charge in [-0.2, -0.15) is 0 Å². The fraction of sp³-hybridized carbons (Fsp3) is 0.647. The van der Waals surface area contributed by atoms with E-state index < -0.39 is 0 Å². The Labute approximate surface area is 118 Å². The summed E-state index contributed by atoms with van der Waals surface area (Å²) in [4.78, 5) is 2.62. The number of aryl methyl sites for hydroxylation is 2. The molecular weight excluding hydrogens is 232 g/mol. The van der Waals surface area contributed by atoms with Gasteiger partial charge in [-0.25, -0.2) is 0 Å². The molecule has 0 spiro atoms. The molecule has 1 saturated heterocycles. The third kappa shape index (κ3) is 3.01. The molecule has 1 aliphatic heterocycles. The van der Waals surface area contributed by atoms with Crippen molar-refractivity contribution in [1.29, 1.82) is 0 Å². The van der Waals surface area contributed by atoms with Crippen molar-refractivity contribution in [1.82, 2.24) is 4.90 Å². The summed E-state index contributed by atoms with van der Waals surface area (Å²) in [5.41, 5.74) is 10.2. The summed E-state index contributed by atoms with van der Waals surface area (Å²) in [6, 6.07) is 7.81. The molecule has 1 heterocycles. The van der Waals surface area contributed by atoms with Crippen molar-refractivity contribution in [2.24, 2.45) is 11.7 Å². The minimum Gasteiger partial charge on any atom is -0.329 e. The van der Waals surface area contributed by atoms with Crippen molar-refractivity contribution in [2.75, 3.05) is 13.1 Å². The van der Waals surface area contributed by atoms with E-state index in [2.05, 4.69) is 50.8 Å². The van der Waals surface area contributed by atoms with Gasteiger partial charge in [0.1, 0.15) is 0 Å². The maximum atomic E-state index is 6.02. The lowest BCUT2D eigenvalue weighted by atomic mass is 9.88. The molecule has 1 aromatic rings. The second-order valence-electron chi connectivity index (χ2n) is 6.20. The van der Waals surface area contributed by atoms with Gasteiger partial charge in [0.2, 0.25) is 0 Å². The first kappa shape index (κ1) is 14.5. The number of likely N-dealkylation sites (tertiary alicyclic amines) is 1. The van der Waals surface area contributed by atoms with E-state index >= 15 is 0 Å². The van der Waals surface area contributed by atoms with Crippen LogP contribution in [0.1, 0.15) is 49.4 Å². The van der Waals surface area contributed by atoms with E-state index in [0.717, 1.165) is 6.54 Å². The van der Waals surface area contributed by atoms with Crippen molar-refractivity contribution in [3.63, 3.8) is 0 Å². The fourth-order valence-electron chi connectivity index (χ4n) is 3.60. The Balaban J connectivity index is 2.24. The number of nitrogens with zero attached hydrogens (tertiary/aromatic N) is 1. The SMILES string of the molecule is Cc1ccc(C(C)N2CCCC(C)C2CN)c(C)c1. The Morgan fingerprint density at radius 1 is 1.37 bits per heavy atom. The van der Waals surface area contributed by atoms with Gasteiger partial charge in [0, 0.05) is 18.6 Å². The van der Waals surface area contributed by atoms with Gasteiger partial charge in [-0.1, -0.05) is 30.7 Å². The zero-order valence-electron chi connectivity index (χ0n) is 12.8. The third-order valence-electron chi connectivity index (χ3n) is 4.77. The van der Waals surface area contributed by atoms with Gasteiger partial charge >= 0.3 is 0 Å². The van der Waals surface area contributed by atoms with Crippen LogP contribution in [0.4, 0.5) is 0 Å². The predicted octanol–water partition coefficient (Wildman–Crippen LogP) is 3.42. The number of benzene rings is 1. The van der Waals surface area contributed by atoms with E-state index in [1.54, 1.807) is 0 Å². The van der Waals surface area contributed by atoms with Crippen LogP contribution in [0.15, 0.2) is 18.2 Å². The van der Waals surface area contributed by atoms with Crippen LogP contribution >= 0.6 is 0 Å². The topological polar surface area (TPSA) is 29.3 Å². The molecule has 1 aliphatic rings. The number of hydrogen-bond donors (Lipinski definition) is 1. The van der Waals surface area contributed by atoms with E-state index in [1.165, 1.54) is 36.1 Å². The summed E-state index contributed by atoms with van der Waals surface area (Å²) in [6.07, 6.45) is 2.62. The van der Waals surface area contributed by atoms with Crippen molar-refractivity contribution in [2.45, 2.75) is 52.6 Å². The normalized spacial score (nSPS) is 26.4. The van der Waals surface area contributed by atoms with Gasteiger partial charge in [0.25, 0.3) is 0 Å². The molecule has 2 nitrogen and oxygen atoms in total.